The molecule has 1 fully saturated rings. The van der Waals surface area contributed by atoms with E-state index in [0.717, 1.165) is 21.7 Å². The van der Waals surface area contributed by atoms with Crippen LogP contribution in [0.5, 0.6) is 11.5 Å². The molecule has 0 bridgehead atoms. The molecule has 0 amide bonds. The summed E-state index contributed by atoms with van der Waals surface area (Å²) in [5, 5.41) is 0. The summed E-state index contributed by atoms with van der Waals surface area (Å²) in [6.07, 6.45) is 2.36. The average molecular weight is 335 g/mol. The minimum absolute atomic E-state index is 0.520. The van der Waals surface area contributed by atoms with Crippen LogP contribution in [0.25, 0.3) is 11.3 Å². The topological polar surface area (TPSA) is 44.2 Å². The van der Waals surface area contributed by atoms with Crippen molar-refractivity contribution in [2.45, 2.75) is 18.8 Å². The van der Waals surface area contributed by atoms with Crippen LogP contribution in [0.15, 0.2) is 28.9 Å². The molecule has 1 aromatic carbocycles. The van der Waals surface area contributed by atoms with E-state index in [2.05, 4.69) is 25.9 Å². The third-order valence-electron chi connectivity index (χ3n) is 3.33. The molecule has 1 heterocycles. The number of nitrogens with zero attached hydrogens (tertiary/aromatic N) is 2. The molecular formula is C15H15BrN2O2. The maximum Gasteiger partial charge on any atom is 0.161 e. The molecule has 0 spiro atoms. The van der Waals surface area contributed by atoms with E-state index in [9.17, 15) is 0 Å². The van der Waals surface area contributed by atoms with E-state index in [0.29, 0.717) is 17.4 Å². The minimum Gasteiger partial charge on any atom is -0.493 e. The van der Waals surface area contributed by atoms with E-state index in [-0.39, 0.29) is 0 Å². The van der Waals surface area contributed by atoms with Gasteiger partial charge in [0.15, 0.2) is 11.5 Å². The van der Waals surface area contributed by atoms with Gasteiger partial charge < -0.3 is 9.47 Å². The van der Waals surface area contributed by atoms with Gasteiger partial charge in [0.05, 0.1) is 19.9 Å². The summed E-state index contributed by atoms with van der Waals surface area (Å²) in [5.41, 5.74) is 1.89. The molecule has 0 N–H and O–H groups in total. The van der Waals surface area contributed by atoms with Gasteiger partial charge in [-0.3, -0.25) is 0 Å². The van der Waals surface area contributed by atoms with Gasteiger partial charge in [-0.1, -0.05) is 0 Å². The zero-order valence-corrected chi connectivity index (χ0v) is 13.0. The predicted molar refractivity (Wildman–Crippen MR) is 80.2 cm³/mol. The van der Waals surface area contributed by atoms with Crippen molar-refractivity contribution in [2.75, 3.05) is 14.2 Å². The van der Waals surface area contributed by atoms with Gasteiger partial charge in [-0.25, -0.2) is 9.97 Å². The van der Waals surface area contributed by atoms with Gasteiger partial charge in [-0.15, -0.1) is 0 Å². The normalized spacial score (nSPS) is 14.2. The van der Waals surface area contributed by atoms with Gasteiger partial charge >= 0.3 is 0 Å². The molecule has 20 heavy (non-hydrogen) atoms. The maximum absolute atomic E-state index is 5.34. The SMILES string of the molecule is COc1ccc(-c2cc(Br)nc(C3CC3)n2)cc1OC. The first-order valence-electron chi connectivity index (χ1n) is 6.48. The van der Waals surface area contributed by atoms with Crippen LogP contribution in [0.2, 0.25) is 0 Å². The Hall–Kier alpha value is -1.62. The van der Waals surface area contributed by atoms with E-state index in [1.807, 2.05) is 24.3 Å². The van der Waals surface area contributed by atoms with Gasteiger partial charge in [-0.2, -0.15) is 0 Å². The van der Waals surface area contributed by atoms with Crippen molar-refractivity contribution >= 4 is 15.9 Å². The van der Waals surface area contributed by atoms with Crippen LogP contribution in [0.4, 0.5) is 0 Å². The van der Waals surface area contributed by atoms with Gasteiger partial charge in [0.25, 0.3) is 0 Å². The van der Waals surface area contributed by atoms with Crippen LogP contribution in [0, 0.1) is 0 Å². The molecule has 1 saturated carbocycles. The quantitative estimate of drug-likeness (QED) is 0.797. The zero-order valence-electron chi connectivity index (χ0n) is 11.4. The summed E-state index contributed by atoms with van der Waals surface area (Å²) in [7, 11) is 3.26. The molecule has 1 aliphatic carbocycles. The van der Waals surface area contributed by atoms with Gasteiger partial charge in [0, 0.05) is 11.5 Å². The maximum atomic E-state index is 5.34. The Bertz CT molecular complexity index is 642. The molecule has 1 aliphatic rings. The Kier molecular flexibility index (Phi) is 3.61. The number of ether oxygens (including phenoxy) is 2. The van der Waals surface area contributed by atoms with Crippen LogP contribution in [0.3, 0.4) is 0 Å². The van der Waals surface area contributed by atoms with Crippen molar-refractivity contribution in [1.82, 2.24) is 9.97 Å². The van der Waals surface area contributed by atoms with E-state index in [1.165, 1.54) is 12.8 Å². The van der Waals surface area contributed by atoms with Crippen LogP contribution >= 0.6 is 15.9 Å². The lowest BCUT2D eigenvalue weighted by Gasteiger charge is -2.10. The standard InChI is InChI=1S/C15H15BrN2O2/c1-19-12-6-5-10(7-13(12)20-2)11-8-14(16)18-15(17-11)9-3-4-9/h5-9H,3-4H2,1-2H3. The van der Waals surface area contributed by atoms with Crippen molar-refractivity contribution in [3.8, 4) is 22.8 Å². The molecule has 0 saturated heterocycles. The molecular weight excluding hydrogens is 320 g/mol. The highest BCUT2D eigenvalue weighted by Crippen LogP contribution is 2.39. The fourth-order valence-electron chi connectivity index (χ4n) is 2.10. The number of hydrogen-bond donors (Lipinski definition) is 0. The monoisotopic (exact) mass is 334 g/mol. The number of benzene rings is 1. The van der Waals surface area contributed by atoms with E-state index < -0.39 is 0 Å². The number of methoxy groups -OCH3 is 2. The Morgan fingerprint density at radius 2 is 1.80 bits per heavy atom. The van der Waals surface area contributed by atoms with Crippen molar-refractivity contribution in [3.05, 3.63) is 34.7 Å². The summed E-state index contributed by atoms with van der Waals surface area (Å²) in [4.78, 5) is 9.11. The summed E-state index contributed by atoms with van der Waals surface area (Å²) in [5.74, 6) is 2.86. The van der Waals surface area contributed by atoms with Gasteiger partial charge in [-0.05, 0) is 53.0 Å². The third-order valence-corrected chi connectivity index (χ3v) is 3.74. The molecule has 2 aromatic rings. The molecule has 3 rings (SSSR count). The number of hydrogen-bond acceptors (Lipinski definition) is 4. The Balaban J connectivity index is 2.03. The van der Waals surface area contributed by atoms with Gasteiger partial charge in [0.1, 0.15) is 10.4 Å². The summed E-state index contributed by atoms with van der Waals surface area (Å²) in [6.45, 7) is 0. The first kappa shape index (κ1) is 13.4. The lowest BCUT2D eigenvalue weighted by atomic mass is 10.1. The number of halogens is 1. The summed E-state index contributed by atoms with van der Waals surface area (Å²) >= 11 is 3.46. The predicted octanol–water partition coefficient (Wildman–Crippen LogP) is 3.80. The van der Waals surface area contributed by atoms with E-state index >= 15 is 0 Å². The zero-order chi connectivity index (χ0) is 14.1. The van der Waals surface area contributed by atoms with E-state index in [1.54, 1.807) is 14.2 Å². The van der Waals surface area contributed by atoms with Crippen molar-refractivity contribution in [1.29, 1.82) is 0 Å². The van der Waals surface area contributed by atoms with Gasteiger partial charge in [0.2, 0.25) is 0 Å². The second kappa shape index (κ2) is 5.40. The molecule has 5 heteroatoms. The Morgan fingerprint density at radius 1 is 1.05 bits per heavy atom. The van der Waals surface area contributed by atoms with Crippen LogP contribution in [-0.4, -0.2) is 24.2 Å². The van der Waals surface area contributed by atoms with Crippen LogP contribution < -0.4 is 9.47 Å². The molecule has 104 valence electrons. The average Bonchev–Trinajstić information content (AvgIpc) is 3.30. The van der Waals surface area contributed by atoms with Crippen LogP contribution in [0.1, 0.15) is 24.6 Å². The summed E-state index contributed by atoms with van der Waals surface area (Å²) < 4.78 is 11.4. The smallest absolute Gasteiger partial charge is 0.161 e. The largest absolute Gasteiger partial charge is 0.493 e. The molecule has 0 aliphatic heterocycles. The first-order valence-corrected chi connectivity index (χ1v) is 7.27. The highest BCUT2D eigenvalue weighted by molar-refractivity contribution is 9.10. The highest BCUT2D eigenvalue weighted by Gasteiger charge is 2.27. The first-order chi connectivity index (χ1) is 9.71. The molecule has 0 unspecified atom stereocenters. The minimum atomic E-state index is 0.520. The fraction of sp³-hybridized carbons (Fsp3) is 0.333. The molecule has 0 radical (unpaired) electrons. The highest BCUT2D eigenvalue weighted by atomic mass is 79.9. The lowest BCUT2D eigenvalue weighted by Crippen LogP contribution is -1.96. The van der Waals surface area contributed by atoms with Crippen molar-refractivity contribution in [3.63, 3.8) is 0 Å². The summed E-state index contributed by atoms with van der Waals surface area (Å²) in [6, 6.07) is 7.73. The molecule has 1 aromatic heterocycles. The van der Waals surface area contributed by atoms with Crippen molar-refractivity contribution in [2.24, 2.45) is 0 Å². The lowest BCUT2D eigenvalue weighted by molar-refractivity contribution is 0.355. The Morgan fingerprint density at radius 3 is 2.45 bits per heavy atom. The van der Waals surface area contributed by atoms with E-state index in [4.69, 9.17) is 9.47 Å². The van der Waals surface area contributed by atoms with Crippen LogP contribution in [-0.2, 0) is 0 Å². The number of aromatic nitrogens is 2. The molecule has 4 nitrogen and oxygen atoms in total. The van der Waals surface area contributed by atoms with Crippen molar-refractivity contribution < 1.29 is 9.47 Å². The second-order valence-electron chi connectivity index (χ2n) is 4.78. The fourth-order valence-corrected chi connectivity index (χ4v) is 2.50. The number of rotatable bonds is 4. The molecule has 0 atom stereocenters. The third kappa shape index (κ3) is 2.63. The second-order valence-corrected chi connectivity index (χ2v) is 5.59. The Labute approximate surface area is 126 Å².